The molecule has 1 aliphatic heterocycles. The lowest BCUT2D eigenvalue weighted by molar-refractivity contribution is -0.140. The molecule has 0 saturated carbocycles. The fourth-order valence-electron chi connectivity index (χ4n) is 2.01. The highest BCUT2D eigenvalue weighted by atomic mass is 32.2. The molecule has 0 aliphatic carbocycles. The van der Waals surface area contributed by atoms with E-state index in [2.05, 4.69) is 0 Å². The number of hydrogen-bond donors (Lipinski definition) is 1. The first-order chi connectivity index (χ1) is 9.56. The lowest BCUT2D eigenvalue weighted by Crippen LogP contribution is -2.33. The molecule has 0 bridgehead atoms. The van der Waals surface area contributed by atoms with Gasteiger partial charge in [-0.15, -0.1) is 11.8 Å². The van der Waals surface area contributed by atoms with Crippen LogP contribution in [0.15, 0.2) is 29.2 Å². The summed E-state index contributed by atoms with van der Waals surface area (Å²) in [7, 11) is 0. The fraction of sp³-hybridized carbons (Fsp3) is 0.357. The lowest BCUT2D eigenvalue weighted by Gasteiger charge is -2.12. The lowest BCUT2D eigenvalue weighted by atomic mass is 10.2. The van der Waals surface area contributed by atoms with Crippen molar-refractivity contribution in [1.82, 2.24) is 4.90 Å². The van der Waals surface area contributed by atoms with Gasteiger partial charge in [0.15, 0.2) is 0 Å². The number of amides is 2. The summed E-state index contributed by atoms with van der Waals surface area (Å²) in [5.41, 5.74) is 0.725. The average molecular weight is 293 g/mol. The molecule has 1 fully saturated rings. The van der Waals surface area contributed by atoms with Gasteiger partial charge in [-0.2, -0.15) is 0 Å². The molecular formula is C14H15NO4S. The maximum absolute atomic E-state index is 11.8. The molecular weight excluding hydrogens is 278 g/mol. The summed E-state index contributed by atoms with van der Waals surface area (Å²) in [6.07, 6.45) is 1.20. The first-order valence-electron chi connectivity index (χ1n) is 6.33. The quantitative estimate of drug-likeness (QED) is 0.834. The number of carboxylic acid groups (broad SMARTS) is 1. The van der Waals surface area contributed by atoms with E-state index in [9.17, 15) is 14.4 Å². The van der Waals surface area contributed by atoms with Crippen molar-refractivity contribution in [3.63, 3.8) is 0 Å². The van der Waals surface area contributed by atoms with Crippen molar-refractivity contribution in [3.8, 4) is 0 Å². The zero-order valence-electron chi connectivity index (χ0n) is 10.9. The number of carbonyl (C=O) groups excluding carboxylic acids is 2. The van der Waals surface area contributed by atoms with Crippen LogP contribution in [-0.2, 0) is 20.8 Å². The minimum Gasteiger partial charge on any atom is -0.481 e. The molecule has 1 heterocycles. The van der Waals surface area contributed by atoms with Gasteiger partial charge in [-0.3, -0.25) is 19.3 Å². The minimum atomic E-state index is -0.867. The van der Waals surface area contributed by atoms with E-state index in [-0.39, 0.29) is 24.0 Å². The summed E-state index contributed by atoms with van der Waals surface area (Å²) >= 11 is 1.35. The van der Waals surface area contributed by atoms with E-state index in [0.717, 1.165) is 16.9 Å². The molecule has 2 amide bonds. The first kappa shape index (κ1) is 14.6. The Bertz CT molecular complexity index is 526. The van der Waals surface area contributed by atoms with Crippen LogP contribution in [-0.4, -0.2) is 40.1 Å². The molecule has 0 atom stereocenters. The Balaban J connectivity index is 1.86. The molecule has 106 valence electrons. The van der Waals surface area contributed by atoms with Crippen LogP contribution < -0.4 is 0 Å². The molecule has 0 unspecified atom stereocenters. The molecule has 2 rings (SSSR count). The van der Waals surface area contributed by atoms with Crippen LogP contribution in [0.1, 0.15) is 18.4 Å². The number of thioether (sulfide) groups is 1. The van der Waals surface area contributed by atoms with Crippen LogP contribution in [0.5, 0.6) is 0 Å². The van der Waals surface area contributed by atoms with E-state index in [0.29, 0.717) is 13.0 Å². The second kappa shape index (κ2) is 6.56. The minimum absolute atomic E-state index is 0.00778. The monoisotopic (exact) mass is 293 g/mol. The van der Waals surface area contributed by atoms with E-state index in [1.165, 1.54) is 16.7 Å². The Morgan fingerprint density at radius 1 is 1.25 bits per heavy atom. The second-order valence-corrected chi connectivity index (χ2v) is 5.59. The van der Waals surface area contributed by atoms with E-state index >= 15 is 0 Å². The molecule has 0 aromatic heterocycles. The molecule has 5 nitrogen and oxygen atoms in total. The summed E-state index contributed by atoms with van der Waals surface area (Å²) in [6, 6.07) is 7.06. The normalized spacial score (nSPS) is 14.6. The Hall–Kier alpha value is -1.82. The number of nitrogens with zero attached hydrogens (tertiary/aromatic N) is 1. The van der Waals surface area contributed by atoms with Gasteiger partial charge in [-0.05, 0) is 24.1 Å². The maximum Gasteiger partial charge on any atom is 0.307 e. The summed E-state index contributed by atoms with van der Waals surface area (Å²) in [4.78, 5) is 36.0. The summed E-state index contributed by atoms with van der Waals surface area (Å²) in [5, 5.41) is 8.67. The molecule has 1 aromatic carbocycles. The summed E-state index contributed by atoms with van der Waals surface area (Å²) in [5.74, 6) is -0.892. The van der Waals surface area contributed by atoms with Crippen molar-refractivity contribution < 1.29 is 19.5 Å². The number of rotatable bonds is 5. The molecule has 1 aliphatic rings. The van der Waals surface area contributed by atoms with Crippen molar-refractivity contribution in [2.45, 2.75) is 24.2 Å². The third kappa shape index (κ3) is 3.84. The van der Waals surface area contributed by atoms with E-state index in [1.54, 1.807) is 24.3 Å². The zero-order chi connectivity index (χ0) is 14.5. The Labute approximate surface area is 121 Å². The van der Waals surface area contributed by atoms with Gasteiger partial charge in [0.2, 0.25) is 11.8 Å². The van der Waals surface area contributed by atoms with Gasteiger partial charge >= 0.3 is 5.97 Å². The van der Waals surface area contributed by atoms with Gasteiger partial charge in [0, 0.05) is 17.9 Å². The zero-order valence-corrected chi connectivity index (χ0v) is 11.7. The molecule has 0 radical (unpaired) electrons. The Morgan fingerprint density at radius 2 is 1.95 bits per heavy atom. The fourth-order valence-corrected chi connectivity index (χ4v) is 2.79. The largest absolute Gasteiger partial charge is 0.481 e. The number of imide groups is 1. The number of likely N-dealkylation sites (tertiary alicyclic amines) is 1. The molecule has 6 heteroatoms. The van der Waals surface area contributed by atoms with Gasteiger partial charge in [-0.25, -0.2) is 0 Å². The van der Waals surface area contributed by atoms with Crippen LogP contribution >= 0.6 is 11.8 Å². The standard InChI is InChI=1S/C14H15NO4S/c16-12-2-1-7-15(12)13(17)9-20-11-5-3-10(4-6-11)8-14(18)19/h3-6H,1-2,7-9H2,(H,18,19). The third-order valence-electron chi connectivity index (χ3n) is 3.02. The Kier molecular flexibility index (Phi) is 4.79. The summed E-state index contributed by atoms with van der Waals surface area (Å²) in [6.45, 7) is 0.524. The topological polar surface area (TPSA) is 74.7 Å². The highest BCUT2D eigenvalue weighted by Gasteiger charge is 2.25. The molecule has 1 N–H and O–H groups in total. The predicted octanol–water partition coefficient (Wildman–Crippen LogP) is 1.55. The smallest absolute Gasteiger partial charge is 0.307 e. The summed E-state index contributed by atoms with van der Waals surface area (Å²) < 4.78 is 0. The van der Waals surface area contributed by atoms with Crippen LogP contribution in [0, 0.1) is 0 Å². The van der Waals surface area contributed by atoms with E-state index in [4.69, 9.17) is 5.11 Å². The number of carboxylic acids is 1. The van der Waals surface area contributed by atoms with Crippen molar-refractivity contribution >= 4 is 29.5 Å². The van der Waals surface area contributed by atoms with Crippen molar-refractivity contribution in [1.29, 1.82) is 0 Å². The van der Waals surface area contributed by atoms with Gasteiger partial charge in [0.1, 0.15) is 0 Å². The number of hydrogen-bond acceptors (Lipinski definition) is 4. The highest BCUT2D eigenvalue weighted by Crippen LogP contribution is 2.20. The number of benzene rings is 1. The molecule has 1 aromatic rings. The highest BCUT2D eigenvalue weighted by molar-refractivity contribution is 8.00. The van der Waals surface area contributed by atoms with E-state index < -0.39 is 5.97 Å². The van der Waals surface area contributed by atoms with Crippen LogP contribution in [0.3, 0.4) is 0 Å². The molecule has 20 heavy (non-hydrogen) atoms. The molecule has 0 spiro atoms. The van der Waals surface area contributed by atoms with Gasteiger partial charge in [0.05, 0.1) is 12.2 Å². The predicted molar refractivity (Wildman–Crippen MR) is 74.5 cm³/mol. The van der Waals surface area contributed by atoms with Gasteiger partial charge in [-0.1, -0.05) is 12.1 Å². The van der Waals surface area contributed by atoms with Crippen LogP contribution in [0.2, 0.25) is 0 Å². The van der Waals surface area contributed by atoms with E-state index in [1.807, 2.05) is 0 Å². The van der Waals surface area contributed by atoms with Crippen LogP contribution in [0.4, 0.5) is 0 Å². The van der Waals surface area contributed by atoms with Gasteiger partial charge < -0.3 is 5.11 Å². The Morgan fingerprint density at radius 3 is 2.50 bits per heavy atom. The molecule has 1 saturated heterocycles. The van der Waals surface area contributed by atoms with Gasteiger partial charge in [0.25, 0.3) is 0 Å². The van der Waals surface area contributed by atoms with Crippen molar-refractivity contribution in [2.75, 3.05) is 12.3 Å². The number of carbonyl (C=O) groups is 3. The SMILES string of the molecule is O=C(O)Cc1ccc(SCC(=O)N2CCCC2=O)cc1. The average Bonchev–Trinajstić information content (AvgIpc) is 2.83. The first-order valence-corrected chi connectivity index (χ1v) is 7.31. The maximum atomic E-state index is 11.8. The van der Waals surface area contributed by atoms with Crippen molar-refractivity contribution in [2.24, 2.45) is 0 Å². The second-order valence-electron chi connectivity index (χ2n) is 4.55. The van der Waals surface area contributed by atoms with Crippen LogP contribution in [0.25, 0.3) is 0 Å². The number of aliphatic carboxylic acids is 1. The van der Waals surface area contributed by atoms with Crippen molar-refractivity contribution in [3.05, 3.63) is 29.8 Å². The third-order valence-corrected chi connectivity index (χ3v) is 4.01.